The van der Waals surface area contributed by atoms with Crippen molar-refractivity contribution < 1.29 is 4.42 Å². The van der Waals surface area contributed by atoms with Gasteiger partial charge in [0.05, 0.1) is 0 Å². The van der Waals surface area contributed by atoms with Gasteiger partial charge in [0.25, 0.3) is 0 Å². The van der Waals surface area contributed by atoms with E-state index in [1.807, 2.05) is 19.1 Å². The number of fused-ring (bicyclic) bond motifs is 1. The molecular formula is C15H22N2O. The van der Waals surface area contributed by atoms with Gasteiger partial charge in [-0.2, -0.15) is 0 Å². The summed E-state index contributed by atoms with van der Waals surface area (Å²) in [6.07, 6.45) is 0. The number of aryl methyl sites for hydroxylation is 1. The average Bonchev–Trinajstić information content (AvgIpc) is 2.61. The van der Waals surface area contributed by atoms with Crippen LogP contribution in [0.4, 0.5) is 0 Å². The lowest BCUT2D eigenvalue weighted by Crippen LogP contribution is -2.35. The monoisotopic (exact) mass is 246 g/mol. The lowest BCUT2D eigenvalue weighted by molar-refractivity contribution is 0.349. The standard InChI is InChI=1S/C15H22N2O/c1-11(10-17(3)4)16-9-14-12(2)18-15-8-6-5-7-13(14)15/h5-8,11,16H,9-10H2,1-4H3. The molecule has 3 heteroatoms. The van der Waals surface area contributed by atoms with Crippen molar-refractivity contribution in [3.8, 4) is 0 Å². The summed E-state index contributed by atoms with van der Waals surface area (Å²) in [6, 6.07) is 8.68. The van der Waals surface area contributed by atoms with Crippen LogP contribution in [0.15, 0.2) is 28.7 Å². The zero-order valence-corrected chi connectivity index (χ0v) is 11.7. The number of hydrogen-bond donors (Lipinski definition) is 1. The molecule has 2 rings (SSSR count). The van der Waals surface area contributed by atoms with Gasteiger partial charge in [0.2, 0.25) is 0 Å². The average molecular weight is 246 g/mol. The minimum atomic E-state index is 0.466. The molecule has 0 aliphatic heterocycles. The van der Waals surface area contributed by atoms with Crippen LogP contribution >= 0.6 is 0 Å². The molecule has 0 saturated heterocycles. The Morgan fingerprint density at radius 2 is 2.00 bits per heavy atom. The van der Waals surface area contributed by atoms with Crippen LogP contribution in [0.3, 0.4) is 0 Å². The van der Waals surface area contributed by atoms with Gasteiger partial charge >= 0.3 is 0 Å². The van der Waals surface area contributed by atoms with E-state index in [1.165, 1.54) is 10.9 Å². The van der Waals surface area contributed by atoms with Crippen LogP contribution in [0.1, 0.15) is 18.2 Å². The highest BCUT2D eigenvalue weighted by Crippen LogP contribution is 2.24. The SMILES string of the molecule is Cc1oc2ccccc2c1CNC(C)CN(C)C. The van der Waals surface area contributed by atoms with Crippen molar-refractivity contribution in [3.05, 3.63) is 35.6 Å². The van der Waals surface area contributed by atoms with Crippen molar-refractivity contribution in [2.24, 2.45) is 0 Å². The molecule has 1 N–H and O–H groups in total. The second-order valence-corrected chi connectivity index (χ2v) is 5.18. The number of furan rings is 1. The first kappa shape index (κ1) is 13.1. The smallest absolute Gasteiger partial charge is 0.134 e. The molecule has 1 aromatic carbocycles. The maximum absolute atomic E-state index is 5.76. The van der Waals surface area contributed by atoms with Crippen molar-refractivity contribution >= 4 is 11.0 Å². The quantitative estimate of drug-likeness (QED) is 0.879. The lowest BCUT2D eigenvalue weighted by atomic mass is 10.1. The van der Waals surface area contributed by atoms with Gasteiger partial charge in [0.1, 0.15) is 11.3 Å². The van der Waals surface area contributed by atoms with Gasteiger partial charge in [-0.3, -0.25) is 0 Å². The summed E-state index contributed by atoms with van der Waals surface area (Å²) in [5.74, 6) is 1.01. The Hall–Kier alpha value is -1.32. The highest BCUT2D eigenvalue weighted by Gasteiger charge is 2.11. The van der Waals surface area contributed by atoms with Crippen molar-refractivity contribution in [3.63, 3.8) is 0 Å². The Labute approximate surface area is 109 Å². The fourth-order valence-electron chi connectivity index (χ4n) is 2.33. The number of hydrogen-bond acceptors (Lipinski definition) is 3. The maximum atomic E-state index is 5.76. The van der Waals surface area contributed by atoms with Gasteiger partial charge in [0.15, 0.2) is 0 Å². The highest BCUT2D eigenvalue weighted by atomic mass is 16.3. The molecule has 1 atom stereocenters. The summed E-state index contributed by atoms with van der Waals surface area (Å²) in [5, 5.41) is 4.77. The molecule has 0 radical (unpaired) electrons. The van der Waals surface area contributed by atoms with E-state index < -0.39 is 0 Å². The van der Waals surface area contributed by atoms with Crippen LogP contribution in [0, 0.1) is 6.92 Å². The summed E-state index contributed by atoms with van der Waals surface area (Å²) in [4.78, 5) is 2.19. The van der Waals surface area contributed by atoms with Crippen molar-refractivity contribution in [1.82, 2.24) is 10.2 Å². The number of rotatable bonds is 5. The second kappa shape index (κ2) is 5.55. The van der Waals surface area contributed by atoms with Gasteiger partial charge in [-0.1, -0.05) is 18.2 Å². The molecule has 0 aliphatic rings. The van der Waals surface area contributed by atoms with Crippen LogP contribution in [-0.2, 0) is 6.54 Å². The molecule has 0 aliphatic carbocycles. The van der Waals surface area contributed by atoms with Crippen LogP contribution in [0.2, 0.25) is 0 Å². The molecule has 0 amide bonds. The first-order valence-electron chi connectivity index (χ1n) is 6.43. The van der Waals surface area contributed by atoms with E-state index in [1.54, 1.807) is 0 Å². The second-order valence-electron chi connectivity index (χ2n) is 5.18. The van der Waals surface area contributed by atoms with E-state index in [2.05, 4.69) is 43.4 Å². The maximum Gasteiger partial charge on any atom is 0.134 e. The van der Waals surface area contributed by atoms with E-state index in [0.717, 1.165) is 24.4 Å². The predicted molar refractivity (Wildman–Crippen MR) is 75.8 cm³/mol. The Morgan fingerprint density at radius 1 is 1.28 bits per heavy atom. The van der Waals surface area contributed by atoms with Gasteiger partial charge in [-0.15, -0.1) is 0 Å². The van der Waals surface area contributed by atoms with E-state index >= 15 is 0 Å². The summed E-state index contributed by atoms with van der Waals surface area (Å²) in [5.41, 5.74) is 2.25. The molecule has 2 aromatic rings. The van der Waals surface area contributed by atoms with Gasteiger partial charge < -0.3 is 14.6 Å². The zero-order chi connectivity index (χ0) is 13.1. The van der Waals surface area contributed by atoms with Gasteiger partial charge in [-0.05, 0) is 34.0 Å². The van der Waals surface area contributed by atoms with E-state index in [-0.39, 0.29) is 0 Å². The number of nitrogens with one attached hydrogen (secondary N) is 1. The minimum Gasteiger partial charge on any atom is -0.461 e. The topological polar surface area (TPSA) is 28.4 Å². The Kier molecular flexibility index (Phi) is 4.04. The molecule has 0 spiro atoms. The molecular weight excluding hydrogens is 224 g/mol. The van der Waals surface area contributed by atoms with Gasteiger partial charge in [0, 0.05) is 30.1 Å². The van der Waals surface area contributed by atoms with Gasteiger partial charge in [-0.25, -0.2) is 0 Å². The third-order valence-electron chi connectivity index (χ3n) is 3.17. The number of para-hydroxylation sites is 1. The number of benzene rings is 1. The summed E-state index contributed by atoms with van der Waals surface area (Å²) >= 11 is 0. The van der Waals surface area contributed by atoms with Crippen LogP contribution in [0.25, 0.3) is 11.0 Å². The molecule has 3 nitrogen and oxygen atoms in total. The normalized spacial score (nSPS) is 13.4. The molecule has 0 saturated carbocycles. The van der Waals surface area contributed by atoms with Crippen molar-refractivity contribution in [1.29, 1.82) is 0 Å². The third-order valence-corrected chi connectivity index (χ3v) is 3.17. The first-order valence-corrected chi connectivity index (χ1v) is 6.43. The largest absolute Gasteiger partial charge is 0.461 e. The van der Waals surface area contributed by atoms with Crippen LogP contribution < -0.4 is 5.32 Å². The summed E-state index contributed by atoms with van der Waals surface area (Å²) < 4.78 is 5.76. The number of nitrogens with zero attached hydrogens (tertiary/aromatic N) is 1. The minimum absolute atomic E-state index is 0.466. The zero-order valence-electron chi connectivity index (χ0n) is 11.7. The molecule has 0 fully saturated rings. The fraction of sp³-hybridized carbons (Fsp3) is 0.467. The Balaban J connectivity index is 2.09. The van der Waals surface area contributed by atoms with Crippen molar-refractivity contribution in [2.75, 3.05) is 20.6 Å². The first-order chi connectivity index (χ1) is 8.58. The molecule has 1 unspecified atom stereocenters. The molecule has 18 heavy (non-hydrogen) atoms. The lowest BCUT2D eigenvalue weighted by Gasteiger charge is -2.18. The Morgan fingerprint density at radius 3 is 2.72 bits per heavy atom. The molecule has 0 bridgehead atoms. The highest BCUT2D eigenvalue weighted by molar-refractivity contribution is 5.82. The molecule has 98 valence electrons. The van der Waals surface area contributed by atoms with Crippen LogP contribution in [-0.4, -0.2) is 31.6 Å². The predicted octanol–water partition coefficient (Wildman–Crippen LogP) is 2.78. The third kappa shape index (κ3) is 2.92. The molecule has 1 aromatic heterocycles. The van der Waals surface area contributed by atoms with E-state index in [0.29, 0.717) is 6.04 Å². The number of likely N-dealkylation sites (N-methyl/N-ethyl adjacent to an activating group) is 1. The Bertz CT molecular complexity index is 516. The van der Waals surface area contributed by atoms with Crippen LogP contribution in [0.5, 0.6) is 0 Å². The van der Waals surface area contributed by atoms with E-state index in [4.69, 9.17) is 4.42 Å². The fourth-order valence-corrected chi connectivity index (χ4v) is 2.33. The molecule has 1 heterocycles. The summed E-state index contributed by atoms with van der Waals surface area (Å²) in [7, 11) is 4.19. The van der Waals surface area contributed by atoms with E-state index in [9.17, 15) is 0 Å². The summed E-state index contributed by atoms with van der Waals surface area (Å²) in [6.45, 7) is 6.14. The van der Waals surface area contributed by atoms with Crippen molar-refractivity contribution in [2.45, 2.75) is 26.4 Å².